The Labute approximate surface area is 130 Å². The molecule has 1 aliphatic rings. The van der Waals surface area contributed by atoms with E-state index >= 15 is 0 Å². The molecule has 3 rings (SSSR count). The highest BCUT2D eigenvalue weighted by atomic mass is 16.2. The van der Waals surface area contributed by atoms with Gasteiger partial charge in [-0.05, 0) is 67.8 Å². The van der Waals surface area contributed by atoms with Crippen LogP contribution in [0, 0.1) is 13.8 Å². The summed E-state index contributed by atoms with van der Waals surface area (Å²) < 4.78 is 0. The molecule has 4 nitrogen and oxygen atoms in total. The molecule has 2 aromatic rings. The normalized spacial score (nSPS) is 14.7. The highest BCUT2D eigenvalue weighted by Gasteiger charge is 2.18. The van der Waals surface area contributed by atoms with Gasteiger partial charge in [-0.1, -0.05) is 0 Å². The molecule has 0 bridgehead atoms. The van der Waals surface area contributed by atoms with Gasteiger partial charge >= 0.3 is 0 Å². The van der Waals surface area contributed by atoms with Crippen LogP contribution in [-0.2, 0) is 11.2 Å². The summed E-state index contributed by atoms with van der Waals surface area (Å²) in [6, 6.07) is 6.02. The fraction of sp³-hybridized carbons (Fsp3) is 0.444. The van der Waals surface area contributed by atoms with Crippen LogP contribution in [0.4, 0.5) is 0 Å². The maximum atomic E-state index is 12.2. The van der Waals surface area contributed by atoms with Crippen molar-refractivity contribution in [3.63, 3.8) is 0 Å². The van der Waals surface area contributed by atoms with Gasteiger partial charge in [-0.2, -0.15) is 0 Å². The number of hydrogen-bond acceptors (Lipinski definition) is 2. The van der Waals surface area contributed by atoms with Gasteiger partial charge in [-0.3, -0.25) is 9.59 Å². The van der Waals surface area contributed by atoms with Crippen molar-refractivity contribution in [1.82, 2.24) is 9.88 Å². The minimum atomic E-state index is -0.0787. The molecule has 116 valence electrons. The van der Waals surface area contributed by atoms with Crippen LogP contribution >= 0.6 is 0 Å². The average molecular weight is 298 g/mol. The van der Waals surface area contributed by atoms with Crippen LogP contribution in [0.5, 0.6) is 0 Å². The fourth-order valence-corrected chi connectivity index (χ4v) is 3.07. The number of amides is 1. The summed E-state index contributed by atoms with van der Waals surface area (Å²) >= 11 is 0. The van der Waals surface area contributed by atoms with Gasteiger partial charge in [-0.15, -0.1) is 0 Å². The van der Waals surface area contributed by atoms with E-state index in [0.29, 0.717) is 18.4 Å². The van der Waals surface area contributed by atoms with Gasteiger partial charge in [0.25, 0.3) is 5.56 Å². The van der Waals surface area contributed by atoms with Gasteiger partial charge in [0.2, 0.25) is 5.91 Å². The summed E-state index contributed by atoms with van der Waals surface area (Å²) in [5, 5.41) is 1.03. The van der Waals surface area contributed by atoms with Gasteiger partial charge in [-0.25, -0.2) is 0 Å². The van der Waals surface area contributed by atoms with Crippen molar-refractivity contribution in [2.45, 2.75) is 39.5 Å². The number of carbonyl (C=O) groups is 1. The molecule has 4 heteroatoms. The van der Waals surface area contributed by atoms with E-state index < -0.39 is 0 Å². The van der Waals surface area contributed by atoms with Crippen molar-refractivity contribution >= 4 is 16.8 Å². The molecule has 1 aromatic heterocycles. The zero-order valence-corrected chi connectivity index (χ0v) is 13.2. The van der Waals surface area contributed by atoms with Crippen molar-refractivity contribution in [2.75, 3.05) is 13.1 Å². The smallest absolute Gasteiger partial charge is 0.251 e. The van der Waals surface area contributed by atoms with Crippen LogP contribution in [0.3, 0.4) is 0 Å². The van der Waals surface area contributed by atoms with Crippen LogP contribution < -0.4 is 5.56 Å². The monoisotopic (exact) mass is 298 g/mol. The number of aromatic amines is 1. The third-order valence-corrected chi connectivity index (χ3v) is 4.60. The molecule has 1 N–H and O–H groups in total. The number of fused-ring (bicyclic) bond motifs is 1. The number of aromatic nitrogens is 1. The SMILES string of the molecule is Cc1cc2cc(CCC(=O)N3CCCC3)c(=O)[nH]c2cc1C. The van der Waals surface area contributed by atoms with Crippen LogP contribution in [0.15, 0.2) is 23.0 Å². The van der Waals surface area contributed by atoms with Gasteiger partial charge in [0, 0.05) is 30.6 Å². The Kier molecular flexibility index (Phi) is 4.01. The van der Waals surface area contributed by atoms with Crippen molar-refractivity contribution in [3.8, 4) is 0 Å². The minimum Gasteiger partial charge on any atom is -0.343 e. The van der Waals surface area contributed by atoms with E-state index in [2.05, 4.69) is 18.0 Å². The summed E-state index contributed by atoms with van der Waals surface area (Å²) in [5.41, 5.74) is 3.86. The molecule has 0 saturated carbocycles. The molecule has 0 spiro atoms. The Morgan fingerprint density at radius 2 is 1.82 bits per heavy atom. The molecule has 0 aliphatic carbocycles. The number of hydrogen-bond donors (Lipinski definition) is 1. The lowest BCUT2D eigenvalue weighted by atomic mass is 10.0. The number of rotatable bonds is 3. The summed E-state index contributed by atoms with van der Waals surface area (Å²) in [5.74, 6) is 0.164. The van der Waals surface area contributed by atoms with Gasteiger partial charge < -0.3 is 9.88 Å². The fourth-order valence-electron chi connectivity index (χ4n) is 3.07. The van der Waals surface area contributed by atoms with Crippen molar-refractivity contribution in [3.05, 3.63) is 45.2 Å². The highest BCUT2D eigenvalue weighted by Crippen LogP contribution is 2.18. The van der Waals surface area contributed by atoms with Gasteiger partial charge in [0.05, 0.1) is 0 Å². The lowest BCUT2D eigenvalue weighted by Crippen LogP contribution is -2.28. The van der Waals surface area contributed by atoms with Crippen molar-refractivity contribution in [2.24, 2.45) is 0 Å². The molecular weight excluding hydrogens is 276 g/mol. The first-order valence-corrected chi connectivity index (χ1v) is 7.95. The summed E-state index contributed by atoms with van der Waals surface area (Å²) in [4.78, 5) is 29.1. The maximum Gasteiger partial charge on any atom is 0.251 e. The number of H-pyrrole nitrogens is 1. The third-order valence-electron chi connectivity index (χ3n) is 4.60. The second-order valence-corrected chi connectivity index (χ2v) is 6.24. The topological polar surface area (TPSA) is 53.2 Å². The lowest BCUT2D eigenvalue weighted by Gasteiger charge is -2.14. The van der Waals surface area contributed by atoms with Gasteiger partial charge in [0.15, 0.2) is 0 Å². The summed E-state index contributed by atoms with van der Waals surface area (Å²) in [7, 11) is 0. The zero-order valence-electron chi connectivity index (χ0n) is 13.2. The molecule has 22 heavy (non-hydrogen) atoms. The Morgan fingerprint density at radius 3 is 2.55 bits per heavy atom. The standard InChI is InChI=1S/C18H22N2O2/c1-12-9-15-11-14(18(22)19-16(15)10-13(12)2)5-6-17(21)20-7-3-4-8-20/h9-11H,3-8H2,1-2H3,(H,19,22). The number of likely N-dealkylation sites (tertiary alicyclic amines) is 1. The van der Waals surface area contributed by atoms with Crippen LogP contribution in [0.1, 0.15) is 36.0 Å². The predicted octanol–water partition coefficient (Wildman–Crippen LogP) is 2.70. The first kappa shape index (κ1) is 14.8. The number of aryl methyl sites for hydroxylation is 3. The van der Waals surface area contributed by atoms with Crippen LogP contribution in [0.25, 0.3) is 10.9 Å². The lowest BCUT2D eigenvalue weighted by molar-refractivity contribution is -0.130. The van der Waals surface area contributed by atoms with E-state index in [-0.39, 0.29) is 11.5 Å². The second kappa shape index (κ2) is 5.95. The molecule has 2 heterocycles. The summed E-state index contributed by atoms with van der Waals surface area (Å²) in [6.07, 6.45) is 3.12. The first-order chi connectivity index (χ1) is 10.5. The Bertz CT molecular complexity index is 770. The largest absolute Gasteiger partial charge is 0.343 e. The molecule has 1 fully saturated rings. The zero-order chi connectivity index (χ0) is 15.7. The van der Waals surface area contributed by atoms with Crippen molar-refractivity contribution < 1.29 is 4.79 Å². The molecule has 0 unspecified atom stereocenters. The number of nitrogens with zero attached hydrogens (tertiary/aromatic N) is 1. The van der Waals surface area contributed by atoms with Crippen molar-refractivity contribution in [1.29, 1.82) is 0 Å². The number of nitrogens with one attached hydrogen (secondary N) is 1. The molecular formula is C18H22N2O2. The van der Waals surface area contributed by atoms with E-state index in [1.54, 1.807) is 0 Å². The minimum absolute atomic E-state index is 0.0787. The number of carbonyl (C=O) groups excluding carboxylic acids is 1. The molecule has 1 amide bonds. The highest BCUT2D eigenvalue weighted by molar-refractivity contribution is 5.81. The van der Waals surface area contributed by atoms with E-state index in [1.165, 1.54) is 11.1 Å². The van der Waals surface area contributed by atoms with E-state index in [1.807, 2.05) is 24.0 Å². The molecule has 1 aromatic carbocycles. The van der Waals surface area contributed by atoms with E-state index in [4.69, 9.17) is 0 Å². The predicted molar refractivity (Wildman–Crippen MR) is 88.2 cm³/mol. The Morgan fingerprint density at radius 1 is 1.14 bits per heavy atom. The molecule has 1 saturated heterocycles. The first-order valence-electron chi connectivity index (χ1n) is 7.95. The molecule has 0 atom stereocenters. The van der Waals surface area contributed by atoms with Crippen LogP contribution in [-0.4, -0.2) is 28.9 Å². The average Bonchev–Trinajstić information content (AvgIpc) is 3.01. The number of benzene rings is 1. The van der Waals surface area contributed by atoms with Crippen LogP contribution in [0.2, 0.25) is 0 Å². The van der Waals surface area contributed by atoms with E-state index in [9.17, 15) is 9.59 Å². The Hall–Kier alpha value is -2.10. The molecule has 0 radical (unpaired) electrons. The number of pyridine rings is 1. The maximum absolute atomic E-state index is 12.2. The van der Waals surface area contributed by atoms with Gasteiger partial charge in [0.1, 0.15) is 0 Å². The Balaban J connectivity index is 1.81. The quantitative estimate of drug-likeness (QED) is 0.947. The van der Waals surface area contributed by atoms with E-state index in [0.717, 1.165) is 36.8 Å². The summed E-state index contributed by atoms with van der Waals surface area (Å²) in [6.45, 7) is 5.84. The second-order valence-electron chi connectivity index (χ2n) is 6.24. The third kappa shape index (κ3) is 2.91. The molecule has 1 aliphatic heterocycles.